The van der Waals surface area contributed by atoms with Crippen molar-refractivity contribution >= 4 is 12.3 Å². The highest BCUT2D eigenvalue weighted by molar-refractivity contribution is 5.76. The predicted molar refractivity (Wildman–Crippen MR) is 70.5 cm³/mol. The lowest BCUT2D eigenvalue weighted by Crippen LogP contribution is -1.92. The Labute approximate surface area is 96.8 Å². The fourth-order valence-corrected chi connectivity index (χ4v) is 1.28. The molecule has 82 valence electrons. The van der Waals surface area contributed by atoms with E-state index < -0.39 is 0 Å². The highest BCUT2D eigenvalue weighted by atomic mass is 14.8. The van der Waals surface area contributed by atoms with Gasteiger partial charge in [0.1, 0.15) is 0 Å². The van der Waals surface area contributed by atoms with Gasteiger partial charge in [0.2, 0.25) is 0 Å². The summed E-state index contributed by atoms with van der Waals surface area (Å²) in [5, 5.41) is 0. The van der Waals surface area contributed by atoms with E-state index in [0.717, 1.165) is 22.7 Å². The van der Waals surface area contributed by atoms with Crippen molar-refractivity contribution in [3.05, 3.63) is 60.1 Å². The van der Waals surface area contributed by atoms with Crippen molar-refractivity contribution in [1.82, 2.24) is 4.98 Å². The molecule has 0 amide bonds. The van der Waals surface area contributed by atoms with Crippen LogP contribution >= 0.6 is 0 Å². The molecule has 1 aromatic rings. The van der Waals surface area contributed by atoms with Crippen LogP contribution in [0, 0.1) is 6.92 Å². The second-order valence-electron chi connectivity index (χ2n) is 3.38. The molecule has 0 atom stereocenters. The number of hydrogen-bond acceptors (Lipinski definition) is 2. The first kappa shape index (κ1) is 12.1. The number of aliphatic imine (C=N–C) groups is 1. The Morgan fingerprint density at radius 2 is 2.19 bits per heavy atom. The monoisotopic (exact) mass is 212 g/mol. The molecular formula is C14H16N2. The molecule has 0 saturated heterocycles. The summed E-state index contributed by atoms with van der Waals surface area (Å²) in [7, 11) is 0. The van der Waals surface area contributed by atoms with Crippen LogP contribution in [0.3, 0.4) is 0 Å². The Balaban J connectivity index is 3.05. The molecule has 1 aromatic heterocycles. The lowest BCUT2D eigenvalue weighted by molar-refractivity contribution is 1.16. The van der Waals surface area contributed by atoms with Gasteiger partial charge < -0.3 is 0 Å². The molecule has 0 saturated carbocycles. The molecule has 1 rings (SSSR count). The topological polar surface area (TPSA) is 25.2 Å². The molecule has 0 aliphatic rings. The van der Waals surface area contributed by atoms with Crippen molar-refractivity contribution in [3.8, 4) is 0 Å². The van der Waals surface area contributed by atoms with Gasteiger partial charge in [-0.25, -0.2) is 0 Å². The number of hydrogen-bond donors (Lipinski definition) is 0. The van der Waals surface area contributed by atoms with Gasteiger partial charge in [-0.15, -0.1) is 0 Å². The average molecular weight is 212 g/mol. The van der Waals surface area contributed by atoms with Gasteiger partial charge in [-0.3, -0.25) is 9.98 Å². The summed E-state index contributed by atoms with van der Waals surface area (Å²) in [6, 6.07) is 5.83. The fourth-order valence-electron chi connectivity index (χ4n) is 1.28. The lowest BCUT2D eigenvalue weighted by Gasteiger charge is -2.05. The maximum absolute atomic E-state index is 4.40. The minimum Gasteiger partial charge on any atom is -0.264 e. The minimum atomic E-state index is 0.746. The summed E-state index contributed by atoms with van der Waals surface area (Å²) in [4.78, 5) is 8.35. The third-order valence-electron chi connectivity index (χ3n) is 2.12. The van der Waals surface area contributed by atoms with E-state index in [9.17, 15) is 0 Å². The van der Waals surface area contributed by atoms with E-state index in [1.54, 1.807) is 0 Å². The normalized spacial score (nSPS) is 11.8. The van der Waals surface area contributed by atoms with Crippen LogP contribution in [0.1, 0.15) is 18.3 Å². The van der Waals surface area contributed by atoms with Gasteiger partial charge in [0.15, 0.2) is 0 Å². The zero-order valence-corrected chi connectivity index (χ0v) is 9.77. The molecule has 2 heteroatoms. The standard InChI is InChI=1S/C14H16N2/c1-5-6-9-13(15-4)12(3)14-10-7-8-11(2)16-14/h5-10H,3-4H2,1-2H3/b6-5-,13-9-. The summed E-state index contributed by atoms with van der Waals surface area (Å²) in [6.07, 6.45) is 5.71. The molecule has 0 aliphatic carbocycles. The van der Waals surface area contributed by atoms with Gasteiger partial charge in [-0.2, -0.15) is 0 Å². The van der Waals surface area contributed by atoms with Crippen LogP contribution in [0.15, 0.2) is 53.7 Å². The third-order valence-corrected chi connectivity index (χ3v) is 2.12. The molecular weight excluding hydrogens is 196 g/mol. The lowest BCUT2D eigenvalue weighted by atomic mass is 10.1. The number of aromatic nitrogens is 1. The Kier molecular flexibility index (Phi) is 4.40. The molecule has 0 aromatic carbocycles. The molecule has 0 aliphatic heterocycles. The molecule has 16 heavy (non-hydrogen) atoms. The van der Waals surface area contributed by atoms with Crippen molar-refractivity contribution in [2.75, 3.05) is 0 Å². The number of allylic oxidation sites excluding steroid dienone is 4. The first-order chi connectivity index (χ1) is 7.69. The van der Waals surface area contributed by atoms with Gasteiger partial charge in [0, 0.05) is 11.3 Å². The van der Waals surface area contributed by atoms with Gasteiger partial charge in [0.05, 0.1) is 11.4 Å². The number of rotatable bonds is 4. The largest absolute Gasteiger partial charge is 0.264 e. The van der Waals surface area contributed by atoms with E-state index in [1.165, 1.54) is 0 Å². The average Bonchev–Trinajstić information content (AvgIpc) is 2.29. The SMILES string of the molecule is C=N/C(=C\C=C/C)C(=C)c1cccc(C)n1. The van der Waals surface area contributed by atoms with Crippen LogP contribution < -0.4 is 0 Å². The number of nitrogens with zero attached hydrogens (tertiary/aromatic N) is 2. The van der Waals surface area contributed by atoms with Crippen LogP contribution in [0.25, 0.3) is 5.57 Å². The number of aryl methyl sites for hydroxylation is 1. The van der Waals surface area contributed by atoms with Crippen LogP contribution in [-0.4, -0.2) is 11.7 Å². The van der Waals surface area contributed by atoms with E-state index in [-0.39, 0.29) is 0 Å². The zero-order valence-electron chi connectivity index (χ0n) is 9.77. The number of pyridine rings is 1. The molecule has 0 radical (unpaired) electrons. The summed E-state index contributed by atoms with van der Waals surface area (Å²) in [6.45, 7) is 11.4. The van der Waals surface area contributed by atoms with Crippen LogP contribution in [0.5, 0.6) is 0 Å². The zero-order chi connectivity index (χ0) is 12.0. The van der Waals surface area contributed by atoms with E-state index in [4.69, 9.17) is 0 Å². The summed E-state index contributed by atoms with van der Waals surface area (Å²) in [5.74, 6) is 0. The van der Waals surface area contributed by atoms with E-state index in [0.29, 0.717) is 0 Å². The maximum Gasteiger partial charge on any atom is 0.0720 e. The first-order valence-corrected chi connectivity index (χ1v) is 5.12. The second-order valence-corrected chi connectivity index (χ2v) is 3.38. The summed E-state index contributed by atoms with van der Waals surface area (Å²) in [5.41, 5.74) is 3.34. The minimum absolute atomic E-state index is 0.746. The first-order valence-electron chi connectivity index (χ1n) is 5.12. The van der Waals surface area contributed by atoms with Crippen LogP contribution in [-0.2, 0) is 0 Å². The fraction of sp³-hybridized carbons (Fsp3) is 0.143. The van der Waals surface area contributed by atoms with Crippen molar-refractivity contribution in [1.29, 1.82) is 0 Å². The maximum atomic E-state index is 4.40. The molecule has 0 bridgehead atoms. The van der Waals surface area contributed by atoms with Crippen LogP contribution in [0.2, 0.25) is 0 Å². The molecule has 2 nitrogen and oxygen atoms in total. The smallest absolute Gasteiger partial charge is 0.0720 e. The van der Waals surface area contributed by atoms with E-state index in [1.807, 2.05) is 50.3 Å². The Morgan fingerprint density at radius 1 is 1.44 bits per heavy atom. The molecule has 0 unspecified atom stereocenters. The Bertz CT molecular complexity index is 454. The van der Waals surface area contributed by atoms with Gasteiger partial charge in [-0.05, 0) is 38.8 Å². The Hall–Kier alpha value is -1.96. The van der Waals surface area contributed by atoms with Gasteiger partial charge in [-0.1, -0.05) is 24.8 Å². The Morgan fingerprint density at radius 3 is 2.75 bits per heavy atom. The predicted octanol–water partition coefficient (Wildman–Crippen LogP) is 3.56. The summed E-state index contributed by atoms with van der Waals surface area (Å²) >= 11 is 0. The van der Waals surface area contributed by atoms with Gasteiger partial charge in [0.25, 0.3) is 0 Å². The third kappa shape index (κ3) is 3.02. The van der Waals surface area contributed by atoms with Crippen molar-refractivity contribution in [2.24, 2.45) is 4.99 Å². The molecule has 0 N–H and O–H groups in total. The van der Waals surface area contributed by atoms with Crippen molar-refractivity contribution in [3.63, 3.8) is 0 Å². The highest BCUT2D eigenvalue weighted by Gasteiger charge is 2.04. The van der Waals surface area contributed by atoms with Crippen LogP contribution in [0.4, 0.5) is 0 Å². The van der Waals surface area contributed by atoms with E-state index >= 15 is 0 Å². The molecule has 1 heterocycles. The second kappa shape index (κ2) is 5.81. The highest BCUT2D eigenvalue weighted by Crippen LogP contribution is 2.20. The molecule has 0 spiro atoms. The summed E-state index contributed by atoms with van der Waals surface area (Å²) < 4.78 is 0. The van der Waals surface area contributed by atoms with Crippen molar-refractivity contribution in [2.45, 2.75) is 13.8 Å². The molecule has 0 fully saturated rings. The van der Waals surface area contributed by atoms with Gasteiger partial charge >= 0.3 is 0 Å². The van der Waals surface area contributed by atoms with E-state index in [2.05, 4.69) is 23.3 Å². The quantitative estimate of drug-likeness (QED) is 0.553. The van der Waals surface area contributed by atoms with Crippen molar-refractivity contribution < 1.29 is 0 Å².